The number of hydrogen-bond acceptors (Lipinski definition) is 5. The minimum atomic E-state index is -4.84. The van der Waals surface area contributed by atoms with Crippen LogP contribution in [0.1, 0.15) is 84.8 Å². The molecule has 0 bridgehead atoms. The highest BCUT2D eigenvalue weighted by molar-refractivity contribution is 5.97. The zero-order chi connectivity index (χ0) is 26.6. The van der Waals surface area contributed by atoms with Crippen LogP contribution in [0.5, 0.6) is 0 Å². The summed E-state index contributed by atoms with van der Waals surface area (Å²) in [6.07, 6.45) is -2.19. The van der Waals surface area contributed by atoms with Crippen LogP contribution in [-0.2, 0) is 23.4 Å². The van der Waals surface area contributed by atoms with Gasteiger partial charge in [-0.05, 0) is 65.0 Å². The predicted octanol–water partition coefficient (Wildman–Crippen LogP) is 5.07. The number of alkyl halides is 3. The van der Waals surface area contributed by atoms with Crippen molar-refractivity contribution >= 4 is 11.9 Å². The Bertz CT molecular complexity index is 1400. The van der Waals surface area contributed by atoms with Crippen molar-refractivity contribution in [2.24, 2.45) is 0 Å². The lowest BCUT2D eigenvalue weighted by Gasteiger charge is -2.42. The third kappa shape index (κ3) is 4.76. The second kappa shape index (κ2) is 8.53. The SMILES string of the molecule is Cc1cc2c(cc1Cc1ccc(C(=O)Nn3c(N)nc(C(F)(F)F)cc3=O)o1)C(C)(C)CCC2(C)C. The zero-order valence-electron chi connectivity index (χ0n) is 20.8. The van der Waals surface area contributed by atoms with Crippen LogP contribution in [0.4, 0.5) is 19.1 Å². The van der Waals surface area contributed by atoms with Gasteiger partial charge in [-0.1, -0.05) is 39.8 Å². The maximum atomic E-state index is 12.8. The van der Waals surface area contributed by atoms with Crippen LogP contribution >= 0.6 is 0 Å². The molecule has 7 nitrogen and oxygen atoms in total. The lowest BCUT2D eigenvalue weighted by molar-refractivity contribution is -0.141. The fraction of sp³-hybridized carbons (Fsp3) is 0.423. The topological polar surface area (TPSA) is 103 Å². The van der Waals surface area contributed by atoms with Gasteiger partial charge in [0.2, 0.25) is 5.95 Å². The number of fused-ring (bicyclic) bond motifs is 1. The molecule has 3 aromatic rings. The Morgan fingerprint density at radius 2 is 1.72 bits per heavy atom. The highest BCUT2D eigenvalue weighted by atomic mass is 19.4. The fourth-order valence-electron chi connectivity index (χ4n) is 4.65. The van der Waals surface area contributed by atoms with Crippen molar-refractivity contribution in [1.29, 1.82) is 0 Å². The number of nitrogens with zero attached hydrogens (tertiary/aromatic N) is 2. The van der Waals surface area contributed by atoms with Crippen molar-refractivity contribution in [2.75, 3.05) is 11.2 Å². The molecule has 1 aromatic carbocycles. The van der Waals surface area contributed by atoms with E-state index in [0.717, 1.165) is 24.0 Å². The smallest absolute Gasteiger partial charge is 0.433 e. The maximum Gasteiger partial charge on any atom is 0.433 e. The van der Waals surface area contributed by atoms with Crippen molar-refractivity contribution in [3.05, 3.63) is 80.2 Å². The highest BCUT2D eigenvalue weighted by Crippen LogP contribution is 2.46. The number of anilines is 1. The van der Waals surface area contributed by atoms with E-state index in [1.54, 1.807) is 6.07 Å². The number of carbonyl (C=O) groups is 1. The molecular weight excluding hydrogens is 473 g/mol. The molecule has 10 heteroatoms. The molecule has 0 saturated carbocycles. The van der Waals surface area contributed by atoms with Gasteiger partial charge in [0.05, 0.1) is 0 Å². The van der Waals surface area contributed by atoms with E-state index in [0.29, 0.717) is 16.9 Å². The molecule has 192 valence electrons. The number of rotatable bonds is 4. The number of nitrogens with two attached hydrogens (primary N) is 1. The van der Waals surface area contributed by atoms with Gasteiger partial charge >= 0.3 is 12.1 Å². The van der Waals surface area contributed by atoms with Crippen LogP contribution in [0.25, 0.3) is 0 Å². The second-order valence-electron chi connectivity index (χ2n) is 10.6. The Morgan fingerprint density at radius 1 is 1.11 bits per heavy atom. The van der Waals surface area contributed by atoms with Crippen molar-refractivity contribution in [3.8, 4) is 0 Å². The largest absolute Gasteiger partial charge is 0.456 e. The van der Waals surface area contributed by atoms with Crippen molar-refractivity contribution in [2.45, 2.75) is 70.9 Å². The van der Waals surface area contributed by atoms with Gasteiger partial charge < -0.3 is 10.2 Å². The normalized spacial score (nSPS) is 16.4. The Kier molecular flexibility index (Phi) is 6.05. The summed E-state index contributed by atoms with van der Waals surface area (Å²) in [5, 5.41) is 0. The van der Waals surface area contributed by atoms with E-state index >= 15 is 0 Å². The second-order valence-corrected chi connectivity index (χ2v) is 10.6. The van der Waals surface area contributed by atoms with Gasteiger partial charge in [0, 0.05) is 12.5 Å². The van der Waals surface area contributed by atoms with Gasteiger partial charge in [-0.15, -0.1) is 0 Å². The summed E-state index contributed by atoms with van der Waals surface area (Å²) in [5.74, 6) is -1.23. The molecule has 1 aliphatic carbocycles. The van der Waals surface area contributed by atoms with Gasteiger partial charge in [-0.2, -0.15) is 17.8 Å². The van der Waals surface area contributed by atoms with Crippen LogP contribution in [-0.4, -0.2) is 15.6 Å². The van der Waals surface area contributed by atoms with Crippen LogP contribution in [0.3, 0.4) is 0 Å². The van der Waals surface area contributed by atoms with E-state index in [1.165, 1.54) is 17.2 Å². The molecule has 0 aliphatic heterocycles. The minimum Gasteiger partial charge on any atom is -0.456 e. The molecule has 3 N–H and O–H groups in total. The number of aromatic nitrogens is 2. The molecule has 1 aliphatic rings. The van der Waals surface area contributed by atoms with Gasteiger partial charge in [-0.25, -0.2) is 4.98 Å². The van der Waals surface area contributed by atoms with Crippen LogP contribution < -0.4 is 16.7 Å². The molecule has 0 atom stereocenters. The molecule has 0 spiro atoms. The van der Waals surface area contributed by atoms with E-state index in [1.807, 2.05) is 0 Å². The Labute approximate surface area is 206 Å². The lowest BCUT2D eigenvalue weighted by Crippen LogP contribution is -2.36. The monoisotopic (exact) mass is 502 g/mol. The molecule has 1 amide bonds. The standard InChI is InChI=1S/C26H29F3N4O3/c1-14-10-17-18(25(4,5)9-8-24(17,2)3)12-15(14)11-16-6-7-19(36-16)22(35)32-33-21(34)13-20(26(27,28)29)31-23(33)30/h6-7,10,12-13H,8-9,11H2,1-5H3,(H2,30,31)(H,32,35). The number of aryl methyl sites for hydroxylation is 1. The molecule has 36 heavy (non-hydrogen) atoms. The molecule has 0 fully saturated rings. The Morgan fingerprint density at radius 3 is 2.31 bits per heavy atom. The number of carbonyl (C=O) groups excluding carboxylic acids is 1. The number of halogens is 3. The first-order valence-corrected chi connectivity index (χ1v) is 11.6. The molecule has 2 aromatic heterocycles. The summed E-state index contributed by atoms with van der Waals surface area (Å²) in [5.41, 5.74) is 10.0. The van der Waals surface area contributed by atoms with Gasteiger partial charge in [-0.3, -0.25) is 15.0 Å². The van der Waals surface area contributed by atoms with E-state index in [9.17, 15) is 22.8 Å². The molecule has 4 rings (SSSR count). The van der Waals surface area contributed by atoms with Crippen LogP contribution in [0, 0.1) is 6.92 Å². The number of amides is 1. The van der Waals surface area contributed by atoms with Crippen molar-refractivity contribution < 1.29 is 22.4 Å². The summed E-state index contributed by atoms with van der Waals surface area (Å²) in [6.45, 7) is 11.1. The quantitative estimate of drug-likeness (QED) is 0.519. The molecule has 0 radical (unpaired) electrons. The summed E-state index contributed by atoms with van der Waals surface area (Å²) in [7, 11) is 0. The first kappa shape index (κ1) is 25.5. The molecule has 0 saturated heterocycles. The van der Waals surface area contributed by atoms with E-state index in [4.69, 9.17) is 10.2 Å². The van der Waals surface area contributed by atoms with Crippen LogP contribution in [0.2, 0.25) is 0 Å². The zero-order valence-corrected chi connectivity index (χ0v) is 20.8. The summed E-state index contributed by atoms with van der Waals surface area (Å²) >= 11 is 0. The predicted molar refractivity (Wildman–Crippen MR) is 130 cm³/mol. The molecule has 2 heterocycles. The van der Waals surface area contributed by atoms with Gasteiger partial charge in [0.1, 0.15) is 5.76 Å². The molecular formula is C26H29F3N4O3. The summed E-state index contributed by atoms with van der Waals surface area (Å²) in [4.78, 5) is 27.8. The number of hydrogen-bond donors (Lipinski definition) is 2. The van der Waals surface area contributed by atoms with Crippen LogP contribution in [0.15, 0.2) is 39.5 Å². The number of furan rings is 1. The number of nitrogen functional groups attached to an aromatic ring is 1. The van der Waals surface area contributed by atoms with Crippen molar-refractivity contribution in [1.82, 2.24) is 9.66 Å². The Hall–Kier alpha value is -3.56. The lowest BCUT2D eigenvalue weighted by atomic mass is 9.62. The third-order valence-corrected chi connectivity index (χ3v) is 7.01. The first-order chi connectivity index (χ1) is 16.6. The van der Waals surface area contributed by atoms with Gasteiger partial charge in [0.25, 0.3) is 5.56 Å². The first-order valence-electron chi connectivity index (χ1n) is 11.6. The Balaban J connectivity index is 1.57. The van der Waals surface area contributed by atoms with E-state index < -0.39 is 29.3 Å². The van der Waals surface area contributed by atoms with E-state index in [2.05, 4.69) is 57.2 Å². The van der Waals surface area contributed by atoms with Crippen molar-refractivity contribution in [3.63, 3.8) is 0 Å². The minimum absolute atomic E-state index is 0.0460. The van der Waals surface area contributed by atoms with E-state index in [-0.39, 0.29) is 22.7 Å². The third-order valence-electron chi connectivity index (χ3n) is 7.01. The summed E-state index contributed by atoms with van der Waals surface area (Å²) < 4.78 is 44.6. The average molecular weight is 503 g/mol. The number of benzene rings is 1. The highest BCUT2D eigenvalue weighted by Gasteiger charge is 2.37. The summed E-state index contributed by atoms with van der Waals surface area (Å²) in [6, 6.07) is 7.81. The fourth-order valence-corrected chi connectivity index (χ4v) is 4.65. The maximum absolute atomic E-state index is 12.8. The average Bonchev–Trinajstić information content (AvgIpc) is 3.23. The number of nitrogens with one attached hydrogen (secondary N) is 1. The molecule has 0 unspecified atom stereocenters. The van der Waals surface area contributed by atoms with Gasteiger partial charge in [0.15, 0.2) is 11.5 Å².